The Labute approximate surface area is 224 Å². The maximum absolute atomic E-state index is 13.6. The van der Waals surface area contributed by atoms with Gasteiger partial charge in [-0.25, -0.2) is 0 Å². The van der Waals surface area contributed by atoms with E-state index in [1.807, 2.05) is 48.5 Å². The topological polar surface area (TPSA) is 111 Å². The number of likely N-dealkylation sites (tertiary alicyclic amines) is 1. The normalized spacial score (nSPS) is 22.1. The van der Waals surface area contributed by atoms with Gasteiger partial charge in [0.2, 0.25) is 11.8 Å². The molecule has 3 amide bonds. The van der Waals surface area contributed by atoms with E-state index in [4.69, 9.17) is 14.2 Å². The van der Waals surface area contributed by atoms with Crippen molar-refractivity contribution in [1.29, 1.82) is 0 Å². The zero-order chi connectivity index (χ0) is 27.3. The maximum Gasteiger partial charge on any atom is 0.326 e. The van der Waals surface area contributed by atoms with Gasteiger partial charge in [0, 0.05) is 17.9 Å². The van der Waals surface area contributed by atoms with Gasteiger partial charge < -0.3 is 19.5 Å². The van der Waals surface area contributed by atoms with Gasteiger partial charge in [-0.05, 0) is 34.4 Å². The van der Waals surface area contributed by atoms with Gasteiger partial charge in [0.05, 0.1) is 31.7 Å². The van der Waals surface area contributed by atoms with E-state index in [1.165, 1.54) is 14.2 Å². The Morgan fingerprint density at radius 1 is 0.795 bits per heavy atom. The Balaban J connectivity index is 1.16. The van der Waals surface area contributed by atoms with Crippen LogP contribution in [0.3, 0.4) is 0 Å². The Hall–Kier alpha value is -4.66. The largest absolute Gasteiger partial charge is 0.497 e. The van der Waals surface area contributed by atoms with Crippen LogP contribution in [0.25, 0.3) is 0 Å². The third-order valence-electron chi connectivity index (χ3n) is 7.87. The van der Waals surface area contributed by atoms with Crippen molar-refractivity contribution in [3.8, 4) is 11.5 Å². The third-order valence-corrected chi connectivity index (χ3v) is 7.87. The quantitative estimate of drug-likeness (QED) is 0.372. The van der Waals surface area contributed by atoms with E-state index in [0.29, 0.717) is 17.2 Å². The van der Waals surface area contributed by atoms with Crippen molar-refractivity contribution in [3.63, 3.8) is 0 Å². The zero-order valence-electron chi connectivity index (χ0n) is 21.4. The minimum atomic E-state index is -0.842. The lowest BCUT2D eigenvalue weighted by Gasteiger charge is -2.45. The molecule has 1 saturated heterocycles. The van der Waals surface area contributed by atoms with E-state index in [2.05, 4.69) is 5.32 Å². The summed E-state index contributed by atoms with van der Waals surface area (Å²) in [7, 11) is 2.96. The van der Waals surface area contributed by atoms with E-state index in [0.717, 1.165) is 27.2 Å². The molecule has 1 N–H and O–H groups in total. The lowest BCUT2D eigenvalue weighted by molar-refractivity contribution is -0.154. The fraction of sp³-hybridized carbons (Fsp3) is 0.267. The van der Waals surface area contributed by atoms with Crippen LogP contribution in [0.15, 0.2) is 66.7 Å². The molecular formula is C30H26N2O7. The molecule has 9 heteroatoms. The molecule has 9 nitrogen and oxygen atoms in total. The number of carbonyl (C=O) groups excluding carboxylic acids is 4. The first-order valence-corrected chi connectivity index (χ1v) is 12.6. The summed E-state index contributed by atoms with van der Waals surface area (Å²) in [6, 6.07) is 20.7. The first-order chi connectivity index (χ1) is 18.9. The van der Waals surface area contributed by atoms with E-state index in [9.17, 15) is 19.2 Å². The summed E-state index contributed by atoms with van der Waals surface area (Å²) in [4.78, 5) is 53.4. The smallest absolute Gasteiger partial charge is 0.326 e. The minimum Gasteiger partial charge on any atom is -0.497 e. The summed E-state index contributed by atoms with van der Waals surface area (Å²) in [5, 5.41) is 2.61. The minimum absolute atomic E-state index is 0.256. The van der Waals surface area contributed by atoms with Crippen LogP contribution < -0.4 is 14.8 Å². The molecule has 39 heavy (non-hydrogen) atoms. The Morgan fingerprint density at radius 3 is 1.82 bits per heavy atom. The highest BCUT2D eigenvalue weighted by Crippen LogP contribution is 2.60. The second-order valence-electron chi connectivity index (χ2n) is 9.80. The number of hydrogen-bond acceptors (Lipinski definition) is 7. The highest BCUT2D eigenvalue weighted by atomic mass is 16.5. The summed E-state index contributed by atoms with van der Waals surface area (Å²) in [6.45, 7) is -1.14. The molecule has 3 aromatic carbocycles. The standard InChI is InChI=1S/C30H26N2O7/c1-37-16-11-12-22(38-2)21(13-16)31-23(33)15-39-24(34)14-32-29(35)27-25-17-7-3-4-8-18(17)26(28(27)30(32)36)20-10-6-5-9-19(20)25/h3-13,25-28H,14-15H2,1-2H3,(H,31,33)/t25?,26?,27-,28-/m1/s1. The molecule has 3 aromatic rings. The van der Waals surface area contributed by atoms with Crippen molar-refractivity contribution in [2.45, 2.75) is 11.8 Å². The molecule has 1 heterocycles. The van der Waals surface area contributed by atoms with E-state index < -0.39 is 36.9 Å². The highest BCUT2D eigenvalue weighted by molar-refractivity contribution is 6.09. The second kappa shape index (κ2) is 9.58. The molecule has 7 rings (SSSR count). The fourth-order valence-corrected chi connectivity index (χ4v) is 6.31. The summed E-state index contributed by atoms with van der Waals surface area (Å²) in [5.41, 5.74) is 4.56. The first-order valence-electron chi connectivity index (χ1n) is 12.6. The number of methoxy groups -OCH3 is 2. The first kappa shape index (κ1) is 24.7. The van der Waals surface area contributed by atoms with Crippen LogP contribution >= 0.6 is 0 Å². The van der Waals surface area contributed by atoms with Crippen LogP contribution in [0.5, 0.6) is 11.5 Å². The average molecular weight is 527 g/mol. The van der Waals surface area contributed by atoms with Crippen molar-refractivity contribution in [2.75, 3.05) is 32.7 Å². The molecule has 0 unspecified atom stereocenters. The van der Waals surface area contributed by atoms with Crippen LogP contribution in [0.1, 0.15) is 34.1 Å². The second-order valence-corrected chi connectivity index (χ2v) is 9.80. The van der Waals surface area contributed by atoms with Gasteiger partial charge in [0.25, 0.3) is 5.91 Å². The zero-order valence-corrected chi connectivity index (χ0v) is 21.4. The van der Waals surface area contributed by atoms with Crippen molar-refractivity contribution < 1.29 is 33.4 Å². The van der Waals surface area contributed by atoms with Gasteiger partial charge in [-0.15, -0.1) is 0 Å². The monoisotopic (exact) mass is 526 g/mol. The summed E-state index contributed by atoms with van der Waals surface area (Å²) in [6.07, 6.45) is 0. The van der Waals surface area contributed by atoms with Crippen LogP contribution in [-0.4, -0.2) is 56.0 Å². The van der Waals surface area contributed by atoms with Crippen molar-refractivity contribution in [3.05, 3.63) is 89.0 Å². The van der Waals surface area contributed by atoms with Gasteiger partial charge in [-0.1, -0.05) is 48.5 Å². The summed E-state index contributed by atoms with van der Waals surface area (Å²) in [5.74, 6) is -2.97. The average Bonchev–Trinajstić information content (AvgIpc) is 3.21. The molecule has 1 aliphatic heterocycles. The van der Waals surface area contributed by atoms with Crippen LogP contribution in [0, 0.1) is 11.8 Å². The van der Waals surface area contributed by atoms with Crippen molar-refractivity contribution in [1.82, 2.24) is 4.90 Å². The maximum atomic E-state index is 13.6. The molecule has 2 atom stereocenters. The van der Waals surface area contributed by atoms with E-state index in [-0.39, 0.29) is 23.7 Å². The highest BCUT2D eigenvalue weighted by Gasteiger charge is 2.61. The van der Waals surface area contributed by atoms with Crippen LogP contribution in [0.2, 0.25) is 0 Å². The Kier molecular flexibility index (Phi) is 6.06. The number of benzene rings is 3. The van der Waals surface area contributed by atoms with Gasteiger partial charge in [-0.2, -0.15) is 0 Å². The number of esters is 1. The molecule has 3 aliphatic carbocycles. The number of anilines is 1. The number of hydrogen-bond donors (Lipinski definition) is 1. The number of carbonyl (C=O) groups is 4. The molecule has 0 spiro atoms. The Morgan fingerprint density at radius 2 is 1.33 bits per heavy atom. The number of ether oxygens (including phenoxy) is 3. The van der Waals surface area contributed by atoms with Gasteiger partial charge in [0.15, 0.2) is 6.61 Å². The molecule has 1 fully saturated rings. The fourth-order valence-electron chi connectivity index (χ4n) is 6.31. The van der Waals surface area contributed by atoms with E-state index >= 15 is 0 Å². The lowest BCUT2D eigenvalue weighted by Crippen LogP contribution is -2.41. The molecule has 0 saturated carbocycles. The molecule has 0 aromatic heterocycles. The van der Waals surface area contributed by atoms with Crippen molar-refractivity contribution in [2.24, 2.45) is 11.8 Å². The SMILES string of the molecule is COc1ccc(OC)c(NC(=O)COC(=O)CN2C(=O)[C@@H]3C4c5ccccc5C(c5ccccc54)[C@H]3C2=O)c1. The van der Waals surface area contributed by atoms with Gasteiger partial charge >= 0.3 is 5.97 Å². The number of nitrogens with one attached hydrogen (secondary N) is 1. The molecule has 2 bridgehead atoms. The predicted molar refractivity (Wildman–Crippen MR) is 139 cm³/mol. The van der Waals surface area contributed by atoms with Gasteiger partial charge in [0.1, 0.15) is 18.0 Å². The summed E-state index contributed by atoms with van der Waals surface area (Å²) >= 11 is 0. The molecule has 198 valence electrons. The summed E-state index contributed by atoms with van der Waals surface area (Å²) < 4.78 is 15.5. The molecular weight excluding hydrogens is 500 g/mol. The lowest BCUT2D eigenvalue weighted by atomic mass is 9.55. The molecule has 0 radical (unpaired) electrons. The molecule has 4 aliphatic rings. The Bertz CT molecular complexity index is 1400. The van der Waals surface area contributed by atoms with E-state index in [1.54, 1.807) is 18.2 Å². The van der Waals surface area contributed by atoms with Crippen molar-refractivity contribution >= 4 is 29.4 Å². The van der Waals surface area contributed by atoms with Crippen LogP contribution in [0.4, 0.5) is 5.69 Å². The predicted octanol–water partition coefficient (Wildman–Crippen LogP) is 3.08. The third kappa shape index (κ3) is 3.93. The number of imide groups is 1. The number of amides is 3. The van der Waals surface area contributed by atoms with Gasteiger partial charge in [-0.3, -0.25) is 24.1 Å². The number of nitrogens with zero attached hydrogens (tertiary/aromatic N) is 1. The number of rotatable bonds is 7. The van der Waals surface area contributed by atoms with Crippen LogP contribution in [-0.2, 0) is 23.9 Å².